The first-order valence-corrected chi connectivity index (χ1v) is 13.7. The second-order valence-corrected chi connectivity index (χ2v) is 10.9. The van der Waals surface area contributed by atoms with E-state index in [4.69, 9.17) is 4.74 Å². The number of phenolic OH excluding ortho intramolecular Hbond substituents is 1. The number of quaternary nitrogens is 1. The Morgan fingerprint density at radius 2 is 1.40 bits per heavy atom. The molecule has 1 atom stereocenters. The molecule has 0 saturated carbocycles. The van der Waals surface area contributed by atoms with Gasteiger partial charge < -0.3 is 24.2 Å². The third-order valence-corrected chi connectivity index (χ3v) is 6.30. The molecule has 6 heteroatoms. The highest BCUT2D eigenvalue weighted by Crippen LogP contribution is 2.25. The number of hydrogen-bond acceptors (Lipinski definition) is 5. The van der Waals surface area contributed by atoms with Gasteiger partial charge in [-0.05, 0) is 24.5 Å². The van der Waals surface area contributed by atoms with Gasteiger partial charge >= 0.3 is 5.97 Å². The van der Waals surface area contributed by atoms with Gasteiger partial charge in [-0.15, -0.1) is 0 Å². The minimum atomic E-state index is -1.26. The molecule has 0 spiro atoms. The van der Waals surface area contributed by atoms with Crippen LogP contribution in [0.15, 0.2) is 18.2 Å². The summed E-state index contributed by atoms with van der Waals surface area (Å²) in [6.45, 7) is 2.59. The Bertz CT molecular complexity index is 741. The molecule has 0 bridgehead atoms. The van der Waals surface area contributed by atoms with E-state index >= 15 is 0 Å². The number of esters is 1. The minimum Gasteiger partial charge on any atom is -0.550 e. The lowest BCUT2D eigenvalue weighted by Crippen LogP contribution is -2.45. The van der Waals surface area contributed by atoms with Crippen LogP contribution in [0.1, 0.15) is 113 Å². The number of nitrogens with zero attached hydrogens (tertiary/aromatic N) is 1. The van der Waals surface area contributed by atoms with E-state index in [-0.39, 0.29) is 17.7 Å². The number of carboxylic acids is 1. The van der Waals surface area contributed by atoms with Crippen LogP contribution in [0.25, 0.3) is 0 Å². The average molecular weight is 492 g/mol. The maximum atomic E-state index is 12.9. The summed E-state index contributed by atoms with van der Waals surface area (Å²) in [6.07, 6.45) is 16.0. The van der Waals surface area contributed by atoms with Crippen molar-refractivity contribution < 1.29 is 29.0 Å². The summed E-state index contributed by atoms with van der Waals surface area (Å²) in [4.78, 5) is 24.0. The van der Waals surface area contributed by atoms with Crippen LogP contribution in [0.2, 0.25) is 0 Å². The topological polar surface area (TPSA) is 86.7 Å². The zero-order chi connectivity index (χ0) is 26.1. The van der Waals surface area contributed by atoms with Crippen molar-refractivity contribution in [2.75, 3.05) is 27.7 Å². The van der Waals surface area contributed by atoms with Crippen LogP contribution >= 0.6 is 0 Å². The number of ether oxygens (including phenoxy) is 1. The molecule has 0 aromatic heterocycles. The van der Waals surface area contributed by atoms with Gasteiger partial charge in [-0.2, -0.15) is 0 Å². The van der Waals surface area contributed by atoms with Gasteiger partial charge in [0.05, 0.1) is 21.1 Å². The second kappa shape index (κ2) is 17.4. The number of aromatic hydroxyl groups is 1. The fourth-order valence-corrected chi connectivity index (χ4v) is 4.51. The molecule has 0 unspecified atom stereocenters. The first-order chi connectivity index (χ1) is 16.6. The van der Waals surface area contributed by atoms with Crippen molar-refractivity contribution in [3.63, 3.8) is 0 Å². The molecule has 1 rings (SSSR count). The van der Waals surface area contributed by atoms with E-state index < -0.39 is 18.0 Å². The lowest BCUT2D eigenvalue weighted by molar-refractivity contribution is -0.873. The smallest absolute Gasteiger partial charge is 0.342 e. The van der Waals surface area contributed by atoms with Gasteiger partial charge in [0.15, 0.2) is 6.10 Å². The molecule has 0 aliphatic rings. The molecule has 1 aromatic carbocycles. The molecule has 0 fully saturated rings. The van der Waals surface area contributed by atoms with Crippen LogP contribution in [0, 0.1) is 0 Å². The molecule has 0 heterocycles. The van der Waals surface area contributed by atoms with Gasteiger partial charge in [0.2, 0.25) is 0 Å². The maximum Gasteiger partial charge on any atom is 0.342 e. The molecule has 6 nitrogen and oxygen atoms in total. The summed E-state index contributed by atoms with van der Waals surface area (Å²) in [5, 5.41) is 21.5. The van der Waals surface area contributed by atoms with Crippen molar-refractivity contribution in [3.05, 3.63) is 29.3 Å². The van der Waals surface area contributed by atoms with Gasteiger partial charge in [-0.1, -0.05) is 96.1 Å². The third-order valence-electron chi connectivity index (χ3n) is 6.30. The van der Waals surface area contributed by atoms with Gasteiger partial charge in [-0.25, -0.2) is 4.79 Å². The van der Waals surface area contributed by atoms with Crippen molar-refractivity contribution in [1.82, 2.24) is 0 Å². The molecular formula is C29H49NO5. The van der Waals surface area contributed by atoms with Crippen LogP contribution in [0.3, 0.4) is 0 Å². The molecule has 200 valence electrons. The molecule has 0 saturated heterocycles. The number of rotatable bonds is 20. The Morgan fingerprint density at radius 1 is 0.886 bits per heavy atom. The van der Waals surface area contributed by atoms with E-state index in [2.05, 4.69) is 6.92 Å². The summed E-state index contributed by atoms with van der Waals surface area (Å²) in [7, 11) is 5.70. The highest BCUT2D eigenvalue weighted by atomic mass is 16.5. The number of carbonyl (C=O) groups is 2. The molecule has 0 radical (unpaired) electrons. The number of carbonyl (C=O) groups excluding carboxylic acids is 2. The Balaban J connectivity index is 2.43. The largest absolute Gasteiger partial charge is 0.550 e. The number of benzene rings is 1. The van der Waals surface area contributed by atoms with Crippen molar-refractivity contribution in [2.24, 2.45) is 0 Å². The first kappa shape index (κ1) is 31.0. The number of phenols is 1. The molecule has 0 amide bonds. The highest BCUT2D eigenvalue weighted by molar-refractivity contribution is 5.94. The van der Waals surface area contributed by atoms with Gasteiger partial charge in [0.1, 0.15) is 17.9 Å². The zero-order valence-corrected chi connectivity index (χ0v) is 22.7. The van der Waals surface area contributed by atoms with E-state index in [0.717, 1.165) is 18.4 Å². The molecule has 1 aromatic rings. The number of hydrogen-bond donors (Lipinski definition) is 1. The molecule has 0 aliphatic heterocycles. The van der Waals surface area contributed by atoms with E-state index in [1.165, 1.54) is 76.7 Å². The average Bonchev–Trinajstić information content (AvgIpc) is 2.75. The number of aryl methyl sites for hydroxylation is 1. The normalized spacial score (nSPS) is 12.5. The summed E-state index contributed by atoms with van der Waals surface area (Å²) >= 11 is 0. The molecule has 0 aliphatic carbocycles. The lowest BCUT2D eigenvalue weighted by atomic mass is 9.99. The maximum absolute atomic E-state index is 12.9. The van der Waals surface area contributed by atoms with E-state index in [0.29, 0.717) is 17.4 Å². The fraction of sp³-hybridized carbons (Fsp3) is 0.724. The van der Waals surface area contributed by atoms with Crippen molar-refractivity contribution in [2.45, 2.75) is 109 Å². The van der Waals surface area contributed by atoms with Crippen molar-refractivity contribution in [1.29, 1.82) is 0 Å². The minimum absolute atomic E-state index is 0.125. The Labute approximate surface area is 213 Å². The lowest BCUT2D eigenvalue weighted by Gasteiger charge is -2.29. The van der Waals surface area contributed by atoms with Crippen LogP contribution in [0.5, 0.6) is 5.75 Å². The standard InChI is InChI=1S/C29H49NO5/c1-5-6-7-8-9-10-11-12-13-14-15-16-17-19-24-20-18-21-26(31)28(24)29(34)35-25(22-27(32)33)23-30(2,3)4/h18,20-21,25H,5-17,19,22-23H2,1-4H3,(H-,31,32,33,34)/t25-/m1/s1. The quantitative estimate of drug-likeness (QED) is 0.150. The van der Waals surface area contributed by atoms with E-state index in [1.54, 1.807) is 6.07 Å². The monoisotopic (exact) mass is 491 g/mol. The second-order valence-electron chi connectivity index (χ2n) is 10.9. The predicted molar refractivity (Wildman–Crippen MR) is 139 cm³/mol. The summed E-state index contributed by atoms with van der Waals surface area (Å²) in [6, 6.07) is 5.04. The van der Waals surface area contributed by atoms with Crippen LogP contribution in [0.4, 0.5) is 0 Å². The molecular weight excluding hydrogens is 442 g/mol. The van der Waals surface area contributed by atoms with E-state index in [1.807, 2.05) is 27.2 Å². The van der Waals surface area contributed by atoms with Gasteiger partial charge in [0.25, 0.3) is 0 Å². The predicted octanol–water partition coefficient (Wildman–Crippen LogP) is 5.40. The first-order valence-electron chi connectivity index (χ1n) is 13.7. The molecule has 1 N–H and O–H groups in total. The Morgan fingerprint density at radius 3 is 1.89 bits per heavy atom. The highest BCUT2D eigenvalue weighted by Gasteiger charge is 2.26. The summed E-state index contributed by atoms with van der Waals surface area (Å²) in [5.74, 6) is -2.06. The Kier molecular flexibility index (Phi) is 15.4. The van der Waals surface area contributed by atoms with Crippen LogP contribution in [-0.4, -0.2) is 55.3 Å². The van der Waals surface area contributed by atoms with E-state index in [9.17, 15) is 19.8 Å². The van der Waals surface area contributed by atoms with Crippen LogP contribution in [-0.2, 0) is 16.0 Å². The number of likely N-dealkylation sites (N-methyl/N-ethyl adjacent to an activating group) is 1. The molecule has 35 heavy (non-hydrogen) atoms. The summed E-state index contributed by atoms with van der Waals surface area (Å²) in [5.41, 5.74) is 0.895. The summed E-state index contributed by atoms with van der Waals surface area (Å²) < 4.78 is 5.97. The Hall–Kier alpha value is -2.08. The van der Waals surface area contributed by atoms with Gasteiger partial charge in [-0.3, -0.25) is 0 Å². The number of unbranched alkanes of at least 4 members (excludes halogenated alkanes) is 12. The SMILES string of the molecule is CCCCCCCCCCCCCCCc1cccc(O)c1C(=O)O[C@H](CC(=O)[O-])C[N+](C)(C)C. The van der Waals surface area contributed by atoms with Crippen molar-refractivity contribution in [3.8, 4) is 5.75 Å². The fourth-order valence-electron chi connectivity index (χ4n) is 4.51. The van der Waals surface area contributed by atoms with Crippen molar-refractivity contribution >= 4 is 11.9 Å². The third kappa shape index (κ3) is 14.8. The van der Waals surface area contributed by atoms with Gasteiger partial charge in [0, 0.05) is 12.4 Å². The zero-order valence-electron chi connectivity index (χ0n) is 22.7. The number of aliphatic carboxylic acids is 1. The van der Waals surface area contributed by atoms with Crippen LogP contribution < -0.4 is 5.11 Å². The number of carboxylic acid groups (broad SMARTS) is 1.